The third-order valence-corrected chi connectivity index (χ3v) is 3.77. The Morgan fingerprint density at radius 1 is 1.14 bits per heavy atom. The topological polar surface area (TPSA) is 98.8 Å². The van der Waals surface area contributed by atoms with E-state index in [0.717, 1.165) is 12.8 Å². The van der Waals surface area contributed by atoms with Crippen molar-refractivity contribution in [1.82, 2.24) is 0 Å². The predicted molar refractivity (Wildman–Crippen MR) is 76.9 cm³/mol. The smallest absolute Gasteiger partial charge is 0.303 e. The highest BCUT2D eigenvalue weighted by Gasteiger charge is 2.32. The van der Waals surface area contributed by atoms with Crippen LogP contribution < -0.4 is 9.64 Å². The second-order valence-electron chi connectivity index (χ2n) is 5.20. The first-order valence-corrected chi connectivity index (χ1v) is 6.69. The summed E-state index contributed by atoms with van der Waals surface area (Å²) in [5.41, 5.74) is -0.482. The molecule has 0 saturated carbocycles. The number of nitro groups is 2. The molecular formula is C13H17N3O5. The van der Waals surface area contributed by atoms with Crippen LogP contribution in [0.2, 0.25) is 0 Å². The minimum atomic E-state index is -0.594. The zero-order valence-electron chi connectivity index (χ0n) is 11.9. The second-order valence-corrected chi connectivity index (χ2v) is 5.20. The van der Waals surface area contributed by atoms with Gasteiger partial charge in [-0.25, -0.2) is 0 Å². The van der Waals surface area contributed by atoms with Crippen LogP contribution >= 0.6 is 0 Å². The molecule has 2 rings (SSSR count). The molecule has 0 aromatic heterocycles. The van der Waals surface area contributed by atoms with Crippen molar-refractivity contribution >= 4 is 17.1 Å². The van der Waals surface area contributed by atoms with Gasteiger partial charge in [0.05, 0.1) is 29.1 Å². The number of nitro benzene ring substituents is 2. The molecule has 0 bridgehead atoms. The van der Waals surface area contributed by atoms with Crippen molar-refractivity contribution in [2.45, 2.75) is 19.8 Å². The molecule has 0 unspecified atom stereocenters. The molecule has 0 atom stereocenters. The lowest BCUT2D eigenvalue weighted by Gasteiger charge is -2.31. The van der Waals surface area contributed by atoms with Crippen LogP contribution in [0.4, 0.5) is 17.1 Å². The summed E-state index contributed by atoms with van der Waals surface area (Å²) in [5.74, 6) is 0.639. The van der Waals surface area contributed by atoms with Crippen molar-refractivity contribution in [3.63, 3.8) is 0 Å². The lowest BCUT2D eigenvalue weighted by atomic mass is 9.98. The fraction of sp³-hybridized carbons (Fsp3) is 0.538. The third kappa shape index (κ3) is 3.04. The van der Waals surface area contributed by atoms with Gasteiger partial charge < -0.3 is 9.64 Å². The molecule has 21 heavy (non-hydrogen) atoms. The normalized spacial score (nSPS) is 15.8. The van der Waals surface area contributed by atoms with Gasteiger partial charge in [0, 0.05) is 13.1 Å². The molecule has 0 amide bonds. The molecule has 1 aliphatic heterocycles. The molecule has 0 N–H and O–H groups in total. The van der Waals surface area contributed by atoms with Gasteiger partial charge in [0.25, 0.3) is 0 Å². The van der Waals surface area contributed by atoms with E-state index in [1.165, 1.54) is 19.2 Å². The van der Waals surface area contributed by atoms with Gasteiger partial charge >= 0.3 is 11.4 Å². The van der Waals surface area contributed by atoms with E-state index in [4.69, 9.17) is 4.74 Å². The van der Waals surface area contributed by atoms with Gasteiger partial charge in [-0.15, -0.1) is 0 Å². The summed E-state index contributed by atoms with van der Waals surface area (Å²) >= 11 is 0. The Morgan fingerprint density at radius 3 is 2.00 bits per heavy atom. The van der Waals surface area contributed by atoms with Crippen LogP contribution in [0.15, 0.2) is 12.1 Å². The maximum atomic E-state index is 11.3. The molecule has 114 valence electrons. The molecular weight excluding hydrogens is 278 g/mol. The number of methoxy groups -OCH3 is 1. The summed E-state index contributed by atoms with van der Waals surface area (Å²) in [4.78, 5) is 23.1. The highest BCUT2D eigenvalue weighted by Crippen LogP contribution is 2.42. The molecule has 0 spiro atoms. The first-order chi connectivity index (χ1) is 9.93. The Labute approximate surface area is 121 Å². The van der Waals surface area contributed by atoms with Gasteiger partial charge in [-0.1, -0.05) is 6.92 Å². The van der Waals surface area contributed by atoms with Gasteiger partial charge in [-0.3, -0.25) is 20.2 Å². The summed E-state index contributed by atoms with van der Waals surface area (Å²) in [5, 5.41) is 22.5. The number of piperidine rings is 1. The molecule has 1 aromatic carbocycles. The van der Waals surface area contributed by atoms with E-state index in [0.29, 0.717) is 19.0 Å². The number of benzene rings is 1. The number of ether oxygens (including phenoxy) is 1. The molecule has 0 aliphatic carbocycles. The number of hydrogen-bond donors (Lipinski definition) is 0. The zero-order chi connectivity index (χ0) is 15.6. The van der Waals surface area contributed by atoms with Crippen LogP contribution in [0.5, 0.6) is 5.75 Å². The van der Waals surface area contributed by atoms with Gasteiger partial charge in [-0.05, 0) is 18.8 Å². The molecule has 1 aromatic rings. The molecule has 8 nitrogen and oxygen atoms in total. The van der Waals surface area contributed by atoms with Crippen LogP contribution in [0, 0.1) is 26.1 Å². The second kappa shape index (κ2) is 5.94. The SMILES string of the molecule is COc1cc([N+](=O)[O-])c(N2CCC(C)CC2)c([N+](=O)[O-])c1. The van der Waals surface area contributed by atoms with Gasteiger partial charge in [-0.2, -0.15) is 0 Å². The van der Waals surface area contributed by atoms with Gasteiger partial charge in [0.1, 0.15) is 5.75 Å². The zero-order valence-corrected chi connectivity index (χ0v) is 11.9. The van der Waals surface area contributed by atoms with Crippen molar-refractivity contribution < 1.29 is 14.6 Å². The Morgan fingerprint density at radius 2 is 1.62 bits per heavy atom. The van der Waals surface area contributed by atoms with E-state index < -0.39 is 9.85 Å². The predicted octanol–water partition coefficient (Wildman–Crippen LogP) is 2.75. The average Bonchev–Trinajstić information content (AvgIpc) is 2.46. The molecule has 1 fully saturated rings. The molecule has 8 heteroatoms. The minimum absolute atomic E-state index is 0.0812. The average molecular weight is 295 g/mol. The summed E-state index contributed by atoms with van der Waals surface area (Å²) in [7, 11) is 1.32. The quantitative estimate of drug-likeness (QED) is 0.625. The van der Waals surface area contributed by atoms with Gasteiger partial charge in [0.15, 0.2) is 5.69 Å². The highest BCUT2D eigenvalue weighted by atomic mass is 16.6. The van der Waals surface area contributed by atoms with E-state index in [9.17, 15) is 20.2 Å². The molecule has 1 saturated heterocycles. The van der Waals surface area contributed by atoms with Crippen molar-refractivity contribution in [3.05, 3.63) is 32.4 Å². The van der Waals surface area contributed by atoms with Crippen molar-refractivity contribution in [1.29, 1.82) is 0 Å². The maximum Gasteiger partial charge on any atom is 0.303 e. The van der Waals surface area contributed by atoms with E-state index in [2.05, 4.69) is 6.92 Å². The lowest BCUT2D eigenvalue weighted by Crippen LogP contribution is -2.33. The summed E-state index contributed by atoms with van der Waals surface area (Å²) in [6.45, 7) is 3.26. The fourth-order valence-corrected chi connectivity index (χ4v) is 2.53. The Kier molecular flexibility index (Phi) is 4.25. The van der Waals surface area contributed by atoms with Crippen molar-refractivity contribution in [3.8, 4) is 5.75 Å². The molecule has 1 heterocycles. The van der Waals surface area contributed by atoms with Crippen LogP contribution in [0.3, 0.4) is 0 Å². The van der Waals surface area contributed by atoms with E-state index in [1.807, 2.05) is 0 Å². The van der Waals surface area contributed by atoms with Crippen molar-refractivity contribution in [2.24, 2.45) is 5.92 Å². The Hall–Kier alpha value is -2.38. The number of anilines is 1. The largest absolute Gasteiger partial charge is 0.496 e. The van der Waals surface area contributed by atoms with E-state index in [-0.39, 0.29) is 22.8 Å². The number of hydrogen-bond acceptors (Lipinski definition) is 6. The third-order valence-electron chi connectivity index (χ3n) is 3.77. The Bertz CT molecular complexity index is 532. The van der Waals surface area contributed by atoms with Gasteiger partial charge in [0.2, 0.25) is 0 Å². The first kappa shape index (κ1) is 15.0. The monoisotopic (exact) mass is 295 g/mol. The fourth-order valence-electron chi connectivity index (χ4n) is 2.53. The van der Waals surface area contributed by atoms with Crippen molar-refractivity contribution in [2.75, 3.05) is 25.1 Å². The van der Waals surface area contributed by atoms with Crippen LogP contribution in [0.25, 0.3) is 0 Å². The van der Waals surface area contributed by atoms with Crippen LogP contribution in [-0.4, -0.2) is 30.0 Å². The molecule has 0 radical (unpaired) electrons. The number of rotatable bonds is 4. The summed E-state index contributed by atoms with van der Waals surface area (Å²) in [6, 6.07) is 2.47. The number of nitrogens with zero attached hydrogens (tertiary/aromatic N) is 3. The minimum Gasteiger partial charge on any atom is -0.496 e. The van der Waals surface area contributed by atoms with E-state index in [1.54, 1.807) is 4.90 Å². The molecule has 1 aliphatic rings. The van der Waals surface area contributed by atoms with E-state index >= 15 is 0 Å². The highest BCUT2D eigenvalue weighted by molar-refractivity contribution is 5.77. The standard InChI is InChI=1S/C13H17N3O5/c1-9-3-5-14(6-4-9)13-11(15(17)18)7-10(21-2)8-12(13)16(19)20/h7-9H,3-6H2,1-2H3. The van der Waals surface area contributed by atoms with Crippen LogP contribution in [0.1, 0.15) is 19.8 Å². The lowest BCUT2D eigenvalue weighted by molar-refractivity contribution is -0.392. The summed E-state index contributed by atoms with van der Waals surface area (Å²) in [6.07, 6.45) is 1.72. The van der Waals surface area contributed by atoms with Crippen LogP contribution in [-0.2, 0) is 0 Å². The Balaban J connectivity index is 2.55. The summed E-state index contributed by atoms with van der Waals surface area (Å²) < 4.78 is 4.93. The first-order valence-electron chi connectivity index (χ1n) is 6.69. The maximum absolute atomic E-state index is 11.3.